The maximum atomic E-state index is 11.3. The summed E-state index contributed by atoms with van der Waals surface area (Å²) in [6.07, 6.45) is 9.31. The molecule has 174 valence electrons. The highest BCUT2D eigenvalue weighted by Gasteiger charge is 2.53. The van der Waals surface area contributed by atoms with Crippen LogP contribution in [0.25, 0.3) is 0 Å². The first kappa shape index (κ1) is 24.7. The van der Waals surface area contributed by atoms with E-state index in [1.54, 1.807) is 60.7 Å². The molecule has 3 heterocycles. The number of carbonyl (C=O) groups excluding carboxylic acids is 1. The van der Waals surface area contributed by atoms with Crippen LogP contribution >= 0.6 is 0 Å². The van der Waals surface area contributed by atoms with Crippen LogP contribution in [-0.4, -0.2) is 51.9 Å². The molecule has 2 unspecified atom stereocenters. The van der Waals surface area contributed by atoms with E-state index in [0.717, 1.165) is 24.9 Å². The number of aliphatic hydroxyl groups is 2. The average Bonchev–Trinajstić information content (AvgIpc) is 2.98. The number of piperidine rings is 2. The van der Waals surface area contributed by atoms with E-state index in [1.807, 2.05) is 0 Å². The Morgan fingerprint density at radius 1 is 0.844 bits per heavy atom. The van der Waals surface area contributed by atoms with E-state index < -0.39 is 11.6 Å². The van der Waals surface area contributed by atoms with Gasteiger partial charge in [0.15, 0.2) is 5.60 Å². The number of carbonyl (C=O) groups is 1. The summed E-state index contributed by atoms with van der Waals surface area (Å²) < 4.78 is 1.41. The molecule has 3 saturated heterocycles. The summed E-state index contributed by atoms with van der Waals surface area (Å²) in [6, 6.07) is 18.1. The zero-order chi connectivity index (χ0) is 21.9. The van der Waals surface area contributed by atoms with Gasteiger partial charge in [-0.15, -0.1) is 0 Å². The standard InChI is InChI=1S/C14H12O3.C12H22NO.ClH/c15-13(16)14(17,11-7-3-1-4-8-11)12-9-5-2-6-10-12;14-12-8-10-4-5-11(9-12)13(10)6-2-1-3-7-13;/h1-10,17H,(H,15,16);10-12,14H,1-9H2;1H/q;+1;/p-2. The van der Waals surface area contributed by atoms with E-state index in [1.165, 1.54) is 49.7 Å². The molecule has 3 fully saturated rings. The second kappa shape index (κ2) is 10.3. The van der Waals surface area contributed by atoms with Crippen LogP contribution in [-0.2, 0) is 10.4 Å². The van der Waals surface area contributed by atoms with Crippen LogP contribution in [0.2, 0.25) is 0 Å². The largest absolute Gasteiger partial charge is 1.00 e. The number of hydrogen-bond donors (Lipinski definition) is 2. The van der Waals surface area contributed by atoms with Crippen molar-refractivity contribution in [1.82, 2.24) is 0 Å². The minimum absolute atomic E-state index is 0. The monoisotopic (exact) mass is 458 g/mol. The number of nitrogens with zero attached hydrogens (tertiary/aromatic N) is 1. The van der Waals surface area contributed by atoms with Crippen molar-refractivity contribution in [2.45, 2.75) is 68.7 Å². The molecule has 0 amide bonds. The first-order chi connectivity index (χ1) is 15.0. The molecule has 2 aromatic rings. The molecular formula is C26H33ClNO4-. The lowest BCUT2D eigenvalue weighted by molar-refractivity contribution is -0.970. The fourth-order valence-corrected chi connectivity index (χ4v) is 6.17. The summed E-state index contributed by atoms with van der Waals surface area (Å²) >= 11 is 0. The summed E-state index contributed by atoms with van der Waals surface area (Å²) in [6.45, 7) is 2.84. The Morgan fingerprint density at radius 2 is 1.28 bits per heavy atom. The molecule has 2 atom stereocenters. The van der Waals surface area contributed by atoms with E-state index in [0.29, 0.717) is 0 Å². The normalized spacial score (nSPS) is 25.9. The minimum Gasteiger partial charge on any atom is -1.00 e. The number of hydrogen-bond acceptors (Lipinski definition) is 4. The van der Waals surface area contributed by atoms with Gasteiger partial charge in [-0.25, -0.2) is 0 Å². The van der Waals surface area contributed by atoms with Gasteiger partial charge >= 0.3 is 0 Å². The topological polar surface area (TPSA) is 80.6 Å². The summed E-state index contributed by atoms with van der Waals surface area (Å²) in [5.74, 6) is -1.53. The molecule has 0 saturated carbocycles. The third-order valence-electron chi connectivity index (χ3n) is 7.70. The Labute approximate surface area is 196 Å². The maximum Gasteiger partial charge on any atom is 0.154 e. The Kier molecular flexibility index (Phi) is 7.99. The van der Waals surface area contributed by atoms with Crippen LogP contribution in [0.5, 0.6) is 0 Å². The Balaban J connectivity index is 0.000000178. The average molecular weight is 459 g/mol. The predicted molar refractivity (Wildman–Crippen MR) is 117 cm³/mol. The first-order valence-electron chi connectivity index (χ1n) is 11.6. The highest BCUT2D eigenvalue weighted by molar-refractivity contribution is 5.81. The summed E-state index contributed by atoms with van der Waals surface area (Å²) in [5.41, 5.74) is -1.54. The zero-order valence-corrected chi connectivity index (χ0v) is 19.2. The lowest BCUT2D eigenvalue weighted by Crippen LogP contribution is -3.00. The SMILES string of the molecule is O=C([O-])C(O)(c1ccccc1)c1ccccc1.OC1CC2CCC(C1)[N+]21CCCCC1.[Cl-]. The molecule has 3 aliphatic heterocycles. The van der Waals surface area contributed by atoms with Crippen molar-refractivity contribution in [2.24, 2.45) is 0 Å². The zero-order valence-electron chi connectivity index (χ0n) is 18.4. The van der Waals surface area contributed by atoms with Gasteiger partial charge in [0, 0.05) is 25.7 Å². The quantitative estimate of drug-likeness (QED) is 0.599. The predicted octanol–water partition coefficient (Wildman–Crippen LogP) is -0.651. The summed E-state index contributed by atoms with van der Waals surface area (Å²) in [5, 5.41) is 31.4. The van der Waals surface area contributed by atoms with Gasteiger partial charge in [0.1, 0.15) is 0 Å². The minimum atomic E-state index is -2.11. The third kappa shape index (κ3) is 4.58. The molecule has 2 aromatic carbocycles. The van der Waals surface area contributed by atoms with E-state index in [9.17, 15) is 20.1 Å². The number of carboxylic acids is 1. The fraction of sp³-hybridized carbons (Fsp3) is 0.500. The van der Waals surface area contributed by atoms with Gasteiger partial charge in [0.05, 0.1) is 37.2 Å². The van der Waals surface area contributed by atoms with Gasteiger partial charge < -0.3 is 37.0 Å². The smallest absolute Gasteiger partial charge is 0.154 e. The van der Waals surface area contributed by atoms with Crippen LogP contribution in [0.4, 0.5) is 0 Å². The molecule has 2 bridgehead atoms. The van der Waals surface area contributed by atoms with Crippen molar-refractivity contribution in [3.8, 4) is 0 Å². The van der Waals surface area contributed by atoms with Gasteiger partial charge in [-0.1, -0.05) is 60.7 Å². The highest BCUT2D eigenvalue weighted by atomic mass is 35.5. The summed E-state index contributed by atoms with van der Waals surface area (Å²) in [7, 11) is 0. The van der Waals surface area contributed by atoms with Crippen molar-refractivity contribution >= 4 is 5.97 Å². The number of rotatable bonds is 3. The molecule has 2 N–H and O–H groups in total. The molecular weight excluding hydrogens is 426 g/mol. The second-order valence-electron chi connectivity index (χ2n) is 9.35. The molecule has 0 aromatic heterocycles. The Bertz CT molecular complexity index is 814. The number of aliphatic hydroxyl groups excluding tert-OH is 1. The molecule has 0 aliphatic carbocycles. The third-order valence-corrected chi connectivity index (χ3v) is 7.70. The maximum absolute atomic E-state index is 11.3. The van der Waals surface area contributed by atoms with E-state index in [4.69, 9.17) is 0 Å². The van der Waals surface area contributed by atoms with E-state index in [2.05, 4.69) is 0 Å². The molecule has 32 heavy (non-hydrogen) atoms. The lowest BCUT2D eigenvalue weighted by Gasteiger charge is -2.51. The molecule has 5 nitrogen and oxygen atoms in total. The highest BCUT2D eigenvalue weighted by Crippen LogP contribution is 2.44. The van der Waals surface area contributed by atoms with Gasteiger partial charge in [0.25, 0.3) is 0 Å². The molecule has 5 rings (SSSR count). The lowest BCUT2D eigenvalue weighted by atomic mass is 9.86. The first-order valence-corrected chi connectivity index (χ1v) is 11.6. The van der Waals surface area contributed by atoms with Gasteiger partial charge in [-0.3, -0.25) is 0 Å². The van der Waals surface area contributed by atoms with Gasteiger partial charge in [0.2, 0.25) is 0 Å². The van der Waals surface area contributed by atoms with Crippen molar-refractivity contribution in [3.63, 3.8) is 0 Å². The molecule has 0 radical (unpaired) electrons. The van der Waals surface area contributed by atoms with Crippen molar-refractivity contribution in [2.75, 3.05) is 13.1 Å². The van der Waals surface area contributed by atoms with E-state index in [-0.39, 0.29) is 29.6 Å². The Morgan fingerprint density at radius 3 is 1.69 bits per heavy atom. The van der Waals surface area contributed by atoms with Crippen molar-refractivity contribution in [1.29, 1.82) is 0 Å². The van der Waals surface area contributed by atoms with Crippen LogP contribution in [0, 0.1) is 0 Å². The number of benzene rings is 2. The summed E-state index contributed by atoms with van der Waals surface area (Å²) in [4.78, 5) is 11.3. The van der Waals surface area contributed by atoms with Crippen molar-refractivity contribution < 1.29 is 37.0 Å². The van der Waals surface area contributed by atoms with Gasteiger partial charge in [-0.2, -0.15) is 0 Å². The van der Waals surface area contributed by atoms with E-state index >= 15 is 0 Å². The van der Waals surface area contributed by atoms with Crippen LogP contribution < -0.4 is 17.5 Å². The molecule has 3 aliphatic rings. The fourth-order valence-electron chi connectivity index (χ4n) is 6.17. The number of carboxylic acid groups (broad SMARTS) is 1. The van der Waals surface area contributed by atoms with Gasteiger partial charge in [-0.05, 0) is 30.4 Å². The second-order valence-corrected chi connectivity index (χ2v) is 9.35. The number of quaternary nitrogens is 1. The number of aliphatic carboxylic acids is 1. The van der Waals surface area contributed by atoms with Crippen molar-refractivity contribution in [3.05, 3.63) is 71.8 Å². The Hall–Kier alpha value is -1.92. The van der Waals surface area contributed by atoms with Crippen LogP contribution in [0.15, 0.2) is 60.7 Å². The van der Waals surface area contributed by atoms with Crippen LogP contribution in [0.3, 0.4) is 0 Å². The molecule has 1 spiro atoms. The molecule has 6 heteroatoms. The number of halogens is 1. The van der Waals surface area contributed by atoms with Crippen LogP contribution in [0.1, 0.15) is 56.1 Å².